The molecular weight excluding hydrogens is 500 g/mol. The van der Waals surface area contributed by atoms with Gasteiger partial charge in [-0.2, -0.15) is 0 Å². The van der Waals surface area contributed by atoms with E-state index in [0.29, 0.717) is 33.0 Å². The molecule has 1 aliphatic carbocycles. The molecule has 2 aromatic carbocycles. The number of carbonyl (C=O) groups is 2. The van der Waals surface area contributed by atoms with Gasteiger partial charge in [0.25, 0.3) is 11.1 Å². The molecule has 1 aliphatic rings. The molecule has 36 heavy (non-hydrogen) atoms. The van der Waals surface area contributed by atoms with E-state index in [1.54, 1.807) is 43.5 Å². The molecule has 1 N–H and O–H groups in total. The van der Waals surface area contributed by atoms with Gasteiger partial charge in [-0.15, -0.1) is 0 Å². The Balaban J connectivity index is 1.30. The number of hydrogen-bond acceptors (Lipinski definition) is 7. The first-order chi connectivity index (χ1) is 17.4. The molecule has 1 heterocycles. The van der Waals surface area contributed by atoms with Crippen molar-refractivity contribution < 1.29 is 23.8 Å². The van der Waals surface area contributed by atoms with E-state index in [-0.39, 0.29) is 18.6 Å². The summed E-state index contributed by atoms with van der Waals surface area (Å²) in [7, 11) is 0. The molecule has 1 amide bonds. The van der Waals surface area contributed by atoms with Crippen molar-refractivity contribution in [1.82, 2.24) is 10.3 Å². The second kappa shape index (κ2) is 12.1. The van der Waals surface area contributed by atoms with Crippen molar-refractivity contribution in [3.05, 3.63) is 75.8 Å². The summed E-state index contributed by atoms with van der Waals surface area (Å²) in [6, 6.07) is 11.5. The SMILES string of the molecule is CCOC(=O)c1cccc(C(=O)N[C@@H](C)/C=C/c2cnc(Oc3ccc(OCC4CC4)cc3Cl)s2)c1. The van der Waals surface area contributed by atoms with Crippen molar-refractivity contribution in [2.45, 2.75) is 32.7 Å². The van der Waals surface area contributed by atoms with Gasteiger partial charge in [-0.25, -0.2) is 9.78 Å². The average molecular weight is 527 g/mol. The molecule has 4 rings (SSSR count). The maximum absolute atomic E-state index is 12.6. The zero-order valence-electron chi connectivity index (χ0n) is 20.0. The summed E-state index contributed by atoms with van der Waals surface area (Å²) in [6.45, 7) is 4.58. The Bertz CT molecular complexity index is 1250. The highest BCUT2D eigenvalue weighted by Gasteiger charge is 2.22. The average Bonchev–Trinajstić information content (AvgIpc) is 3.60. The van der Waals surface area contributed by atoms with Gasteiger partial charge in [0.15, 0.2) is 0 Å². The number of esters is 1. The van der Waals surface area contributed by atoms with E-state index < -0.39 is 5.97 Å². The molecule has 0 spiro atoms. The third kappa shape index (κ3) is 7.32. The van der Waals surface area contributed by atoms with Gasteiger partial charge >= 0.3 is 5.97 Å². The van der Waals surface area contributed by atoms with Gasteiger partial charge in [0.1, 0.15) is 11.5 Å². The third-order valence-corrected chi connectivity index (χ3v) is 6.47. The van der Waals surface area contributed by atoms with E-state index in [1.165, 1.54) is 30.2 Å². The van der Waals surface area contributed by atoms with Crippen LogP contribution in [0.5, 0.6) is 16.7 Å². The van der Waals surface area contributed by atoms with Crippen LogP contribution < -0.4 is 14.8 Å². The number of aromatic nitrogens is 1. The fraction of sp³-hybridized carbons (Fsp3) is 0.296. The number of rotatable bonds is 11. The standard InChI is InChI=1S/C27H27ClN2O5S/c1-3-33-26(32)20-6-4-5-19(13-20)25(31)30-17(2)7-11-22-15-29-27(36-22)35-24-12-10-21(14-23(24)28)34-16-18-8-9-18/h4-7,10-15,17-18H,3,8-9,16H2,1-2H3,(H,30,31)/b11-7+/t17-/m0/s1. The molecule has 7 nitrogen and oxygen atoms in total. The van der Waals surface area contributed by atoms with Crippen molar-refractivity contribution in [1.29, 1.82) is 0 Å². The zero-order valence-corrected chi connectivity index (χ0v) is 21.6. The summed E-state index contributed by atoms with van der Waals surface area (Å²) in [6.07, 6.45) is 7.86. The summed E-state index contributed by atoms with van der Waals surface area (Å²) < 4.78 is 16.6. The quantitative estimate of drug-likeness (QED) is 0.291. The first kappa shape index (κ1) is 25.7. The highest BCUT2D eigenvalue weighted by molar-refractivity contribution is 7.14. The molecule has 1 aromatic heterocycles. The van der Waals surface area contributed by atoms with E-state index in [2.05, 4.69) is 10.3 Å². The van der Waals surface area contributed by atoms with Crippen LogP contribution in [0.2, 0.25) is 5.02 Å². The van der Waals surface area contributed by atoms with E-state index in [1.807, 2.05) is 25.1 Å². The summed E-state index contributed by atoms with van der Waals surface area (Å²) in [5.41, 5.74) is 0.723. The number of carbonyl (C=O) groups excluding carboxylic acids is 2. The lowest BCUT2D eigenvalue weighted by Gasteiger charge is -2.10. The van der Waals surface area contributed by atoms with Crippen molar-refractivity contribution in [3.63, 3.8) is 0 Å². The second-order valence-electron chi connectivity index (χ2n) is 8.40. The van der Waals surface area contributed by atoms with Crippen LogP contribution >= 0.6 is 22.9 Å². The number of nitrogens with zero attached hydrogens (tertiary/aromatic N) is 1. The van der Waals surface area contributed by atoms with E-state index >= 15 is 0 Å². The number of halogens is 1. The van der Waals surface area contributed by atoms with Gasteiger partial charge in [-0.1, -0.05) is 35.1 Å². The van der Waals surface area contributed by atoms with Crippen LogP contribution in [-0.2, 0) is 4.74 Å². The van der Waals surface area contributed by atoms with Crippen LogP contribution in [0.25, 0.3) is 6.08 Å². The number of thiazole rings is 1. The predicted molar refractivity (Wildman–Crippen MR) is 140 cm³/mol. The summed E-state index contributed by atoms with van der Waals surface area (Å²) in [4.78, 5) is 29.7. The molecule has 1 saturated carbocycles. The Hall–Kier alpha value is -3.36. The molecule has 0 unspecified atom stereocenters. The Labute approximate surface area is 219 Å². The summed E-state index contributed by atoms with van der Waals surface area (Å²) in [5.74, 6) is 1.16. The molecule has 3 aromatic rings. The lowest BCUT2D eigenvalue weighted by atomic mass is 10.1. The molecule has 1 fully saturated rings. The molecule has 0 aliphatic heterocycles. The third-order valence-electron chi connectivity index (χ3n) is 5.33. The second-order valence-corrected chi connectivity index (χ2v) is 9.83. The molecule has 9 heteroatoms. The Kier molecular flexibility index (Phi) is 8.61. The van der Waals surface area contributed by atoms with Gasteiger partial charge < -0.3 is 19.5 Å². The first-order valence-corrected chi connectivity index (χ1v) is 12.9. The van der Waals surface area contributed by atoms with Crippen LogP contribution in [0.1, 0.15) is 52.3 Å². The summed E-state index contributed by atoms with van der Waals surface area (Å²) >= 11 is 7.71. The maximum Gasteiger partial charge on any atom is 0.338 e. The minimum absolute atomic E-state index is 0.257. The van der Waals surface area contributed by atoms with Gasteiger partial charge in [-0.3, -0.25) is 4.79 Å². The Morgan fingerprint density at radius 2 is 2.03 bits per heavy atom. The highest BCUT2D eigenvalue weighted by atomic mass is 35.5. The molecule has 0 saturated heterocycles. The van der Waals surface area contributed by atoms with Gasteiger partial charge in [0.2, 0.25) is 0 Å². The zero-order chi connectivity index (χ0) is 25.5. The monoisotopic (exact) mass is 526 g/mol. The minimum Gasteiger partial charge on any atom is -0.493 e. The Morgan fingerprint density at radius 3 is 2.78 bits per heavy atom. The normalized spacial score (nSPS) is 13.9. The first-order valence-electron chi connectivity index (χ1n) is 11.7. The van der Waals surface area contributed by atoms with Crippen molar-refractivity contribution in [3.8, 4) is 16.7 Å². The fourth-order valence-corrected chi connectivity index (χ4v) is 4.12. The predicted octanol–water partition coefficient (Wildman–Crippen LogP) is 6.39. The van der Waals surface area contributed by atoms with E-state index in [0.717, 1.165) is 17.2 Å². The summed E-state index contributed by atoms with van der Waals surface area (Å²) in [5, 5.41) is 3.80. The molecule has 188 valence electrons. The van der Waals surface area contributed by atoms with Crippen LogP contribution in [0.3, 0.4) is 0 Å². The molecule has 0 bridgehead atoms. The van der Waals surface area contributed by atoms with Crippen molar-refractivity contribution in [2.24, 2.45) is 5.92 Å². The topological polar surface area (TPSA) is 86.8 Å². The smallest absolute Gasteiger partial charge is 0.338 e. The lowest BCUT2D eigenvalue weighted by molar-refractivity contribution is 0.0526. The molecule has 0 radical (unpaired) electrons. The van der Waals surface area contributed by atoms with E-state index in [4.69, 9.17) is 25.8 Å². The minimum atomic E-state index is -0.456. The van der Waals surface area contributed by atoms with Crippen molar-refractivity contribution >= 4 is 40.9 Å². The highest BCUT2D eigenvalue weighted by Crippen LogP contribution is 2.35. The number of benzene rings is 2. The largest absolute Gasteiger partial charge is 0.493 e. The van der Waals surface area contributed by atoms with Crippen LogP contribution in [0.15, 0.2) is 54.7 Å². The van der Waals surface area contributed by atoms with Gasteiger partial charge in [0, 0.05) is 23.9 Å². The van der Waals surface area contributed by atoms with Crippen LogP contribution in [-0.4, -0.2) is 36.1 Å². The van der Waals surface area contributed by atoms with E-state index in [9.17, 15) is 9.59 Å². The lowest BCUT2D eigenvalue weighted by Crippen LogP contribution is -2.31. The number of amides is 1. The fourth-order valence-electron chi connectivity index (χ4n) is 3.22. The van der Waals surface area contributed by atoms with Crippen molar-refractivity contribution in [2.75, 3.05) is 13.2 Å². The van der Waals surface area contributed by atoms with Crippen LogP contribution in [0.4, 0.5) is 0 Å². The number of ether oxygens (including phenoxy) is 3. The van der Waals surface area contributed by atoms with Gasteiger partial charge in [0.05, 0.1) is 28.7 Å². The maximum atomic E-state index is 12.6. The number of nitrogens with one attached hydrogen (secondary N) is 1. The van der Waals surface area contributed by atoms with Crippen LogP contribution in [0, 0.1) is 5.92 Å². The number of hydrogen-bond donors (Lipinski definition) is 1. The molecular formula is C27H27ClN2O5S. The molecule has 1 atom stereocenters. The Morgan fingerprint density at radius 1 is 1.22 bits per heavy atom. The van der Waals surface area contributed by atoms with Gasteiger partial charge in [-0.05, 0) is 69.0 Å².